The second kappa shape index (κ2) is 8.06. The molecule has 0 aliphatic rings. The first-order chi connectivity index (χ1) is 8.65. The van der Waals surface area contributed by atoms with Crippen LogP contribution in [-0.2, 0) is 12.8 Å². The zero-order valence-electron chi connectivity index (χ0n) is 12.3. The monoisotopic (exact) mass is 249 g/mol. The Balaban J connectivity index is 2.76. The van der Waals surface area contributed by atoms with E-state index in [1.54, 1.807) is 0 Å². The molecule has 1 N–H and O–H groups in total. The molecule has 18 heavy (non-hydrogen) atoms. The topological polar surface area (TPSA) is 37.8 Å². The molecule has 0 bridgehead atoms. The van der Waals surface area contributed by atoms with Gasteiger partial charge in [0.1, 0.15) is 11.6 Å². The van der Waals surface area contributed by atoms with Crippen LogP contribution in [0.4, 0.5) is 5.82 Å². The summed E-state index contributed by atoms with van der Waals surface area (Å²) in [5.41, 5.74) is 1.17. The van der Waals surface area contributed by atoms with Crippen LogP contribution in [0.5, 0.6) is 0 Å². The summed E-state index contributed by atoms with van der Waals surface area (Å²) in [6, 6.07) is 2.10. The predicted octanol–water partition coefficient (Wildman–Crippen LogP) is 3.84. The third-order valence-electron chi connectivity index (χ3n) is 2.83. The standard InChI is InChI=1S/C15H27N3/c1-5-7-13-11-15(16-10-6-2)18-14(17-13)9-8-12(3)4/h11-12H,5-10H2,1-4H3,(H,16,17,18). The van der Waals surface area contributed by atoms with Gasteiger partial charge in [0, 0.05) is 24.7 Å². The highest BCUT2D eigenvalue weighted by Crippen LogP contribution is 2.12. The lowest BCUT2D eigenvalue weighted by Gasteiger charge is -2.10. The zero-order valence-corrected chi connectivity index (χ0v) is 12.3. The Bertz CT molecular complexity index is 348. The first-order valence-corrected chi connectivity index (χ1v) is 7.26. The quantitative estimate of drug-likeness (QED) is 0.760. The number of rotatable bonds is 8. The van der Waals surface area contributed by atoms with Crippen LogP contribution >= 0.6 is 0 Å². The Morgan fingerprint density at radius 1 is 1.11 bits per heavy atom. The van der Waals surface area contributed by atoms with Gasteiger partial charge in [0.2, 0.25) is 0 Å². The minimum Gasteiger partial charge on any atom is -0.370 e. The molecule has 102 valence electrons. The lowest BCUT2D eigenvalue weighted by Crippen LogP contribution is -2.08. The number of hydrogen-bond acceptors (Lipinski definition) is 3. The molecule has 0 amide bonds. The normalized spacial score (nSPS) is 10.9. The van der Waals surface area contributed by atoms with Gasteiger partial charge >= 0.3 is 0 Å². The van der Waals surface area contributed by atoms with Crippen molar-refractivity contribution in [1.82, 2.24) is 9.97 Å². The van der Waals surface area contributed by atoms with Gasteiger partial charge in [-0.1, -0.05) is 34.1 Å². The Morgan fingerprint density at radius 2 is 1.89 bits per heavy atom. The number of anilines is 1. The van der Waals surface area contributed by atoms with Gasteiger partial charge in [-0.15, -0.1) is 0 Å². The maximum Gasteiger partial charge on any atom is 0.131 e. The number of nitrogens with zero attached hydrogens (tertiary/aromatic N) is 2. The van der Waals surface area contributed by atoms with Gasteiger partial charge < -0.3 is 5.32 Å². The molecule has 1 aromatic rings. The van der Waals surface area contributed by atoms with E-state index in [0.29, 0.717) is 5.92 Å². The summed E-state index contributed by atoms with van der Waals surface area (Å²) in [6.45, 7) is 9.82. The SMILES string of the molecule is CCCNc1cc(CCC)nc(CCC(C)C)n1. The average Bonchev–Trinajstić information content (AvgIpc) is 2.34. The van der Waals surface area contributed by atoms with Crippen LogP contribution in [0.1, 0.15) is 58.5 Å². The predicted molar refractivity (Wildman–Crippen MR) is 78.0 cm³/mol. The van der Waals surface area contributed by atoms with Crippen LogP contribution in [-0.4, -0.2) is 16.5 Å². The third kappa shape index (κ3) is 5.48. The van der Waals surface area contributed by atoms with E-state index in [9.17, 15) is 0 Å². The lowest BCUT2D eigenvalue weighted by atomic mass is 10.1. The van der Waals surface area contributed by atoms with Crippen molar-refractivity contribution in [2.75, 3.05) is 11.9 Å². The van der Waals surface area contributed by atoms with Gasteiger partial charge in [0.05, 0.1) is 0 Å². The molecule has 0 fully saturated rings. The molecule has 3 nitrogen and oxygen atoms in total. The summed E-state index contributed by atoms with van der Waals surface area (Å²) < 4.78 is 0. The Morgan fingerprint density at radius 3 is 2.50 bits per heavy atom. The first kappa shape index (κ1) is 14.9. The molecule has 0 spiro atoms. The fourth-order valence-corrected chi connectivity index (χ4v) is 1.81. The van der Waals surface area contributed by atoms with E-state index in [2.05, 4.69) is 49.0 Å². The van der Waals surface area contributed by atoms with Crippen molar-refractivity contribution < 1.29 is 0 Å². The molecular weight excluding hydrogens is 222 g/mol. The molecule has 1 heterocycles. The molecule has 3 heteroatoms. The van der Waals surface area contributed by atoms with Crippen molar-refractivity contribution in [2.45, 2.75) is 59.8 Å². The molecule has 1 aromatic heterocycles. The van der Waals surface area contributed by atoms with Gasteiger partial charge in [0.15, 0.2) is 0 Å². The van der Waals surface area contributed by atoms with Gasteiger partial charge in [-0.25, -0.2) is 9.97 Å². The van der Waals surface area contributed by atoms with Crippen LogP contribution < -0.4 is 5.32 Å². The van der Waals surface area contributed by atoms with E-state index >= 15 is 0 Å². The number of nitrogens with one attached hydrogen (secondary N) is 1. The Labute approximate surface area is 111 Å². The highest BCUT2D eigenvalue weighted by Gasteiger charge is 2.05. The van der Waals surface area contributed by atoms with Crippen molar-refractivity contribution in [3.63, 3.8) is 0 Å². The van der Waals surface area contributed by atoms with Crippen molar-refractivity contribution in [2.24, 2.45) is 5.92 Å². The summed E-state index contributed by atoms with van der Waals surface area (Å²) in [4.78, 5) is 9.25. The Hall–Kier alpha value is -1.12. The first-order valence-electron chi connectivity index (χ1n) is 7.26. The number of hydrogen-bond donors (Lipinski definition) is 1. The second-order valence-electron chi connectivity index (χ2n) is 5.27. The van der Waals surface area contributed by atoms with Crippen molar-refractivity contribution in [1.29, 1.82) is 0 Å². The maximum atomic E-state index is 4.65. The molecule has 0 aliphatic carbocycles. The lowest BCUT2D eigenvalue weighted by molar-refractivity contribution is 0.573. The molecule has 0 unspecified atom stereocenters. The highest BCUT2D eigenvalue weighted by molar-refractivity contribution is 5.36. The van der Waals surface area contributed by atoms with E-state index in [-0.39, 0.29) is 0 Å². The molecule has 0 saturated heterocycles. The van der Waals surface area contributed by atoms with Crippen molar-refractivity contribution in [3.05, 3.63) is 17.6 Å². The minimum atomic E-state index is 0.704. The van der Waals surface area contributed by atoms with Crippen LogP contribution in [0.25, 0.3) is 0 Å². The van der Waals surface area contributed by atoms with E-state index < -0.39 is 0 Å². The zero-order chi connectivity index (χ0) is 13.4. The van der Waals surface area contributed by atoms with Crippen molar-refractivity contribution in [3.8, 4) is 0 Å². The molecule has 1 rings (SSSR count). The van der Waals surface area contributed by atoms with E-state index in [0.717, 1.165) is 50.3 Å². The van der Waals surface area contributed by atoms with Crippen LogP contribution in [0, 0.1) is 5.92 Å². The summed E-state index contributed by atoms with van der Waals surface area (Å²) in [5.74, 6) is 2.69. The van der Waals surface area contributed by atoms with Gasteiger partial charge in [-0.2, -0.15) is 0 Å². The molecule has 0 atom stereocenters. The highest BCUT2D eigenvalue weighted by atomic mass is 15.0. The van der Waals surface area contributed by atoms with Gasteiger partial charge in [0.25, 0.3) is 0 Å². The fourth-order valence-electron chi connectivity index (χ4n) is 1.81. The number of aryl methyl sites for hydroxylation is 2. The van der Waals surface area contributed by atoms with Gasteiger partial charge in [-0.3, -0.25) is 0 Å². The van der Waals surface area contributed by atoms with E-state index in [1.165, 1.54) is 5.69 Å². The summed E-state index contributed by atoms with van der Waals surface area (Å²) in [5, 5.41) is 3.37. The molecular formula is C15H27N3. The smallest absolute Gasteiger partial charge is 0.131 e. The summed E-state index contributed by atoms with van der Waals surface area (Å²) in [6.07, 6.45) is 5.43. The molecule has 0 saturated carbocycles. The fraction of sp³-hybridized carbons (Fsp3) is 0.733. The average molecular weight is 249 g/mol. The molecule has 0 radical (unpaired) electrons. The van der Waals surface area contributed by atoms with Crippen molar-refractivity contribution >= 4 is 5.82 Å². The van der Waals surface area contributed by atoms with E-state index in [4.69, 9.17) is 0 Å². The van der Waals surface area contributed by atoms with Crippen LogP contribution in [0.2, 0.25) is 0 Å². The number of aromatic nitrogens is 2. The third-order valence-corrected chi connectivity index (χ3v) is 2.83. The summed E-state index contributed by atoms with van der Waals surface area (Å²) in [7, 11) is 0. The second-order valence-corrected chi connectivity index (χ2v) is 5.27. The van der Waals surface area contributed by atoms with Crippen LogP contribution in [0.15, 0.2) is 6.07 Å². The van der Waals surface area contributed by atoms with Crippen LogP contribution in [0.3, 0.4) is 0 Å². The summed E-state index contributed by atoms with van der Waals surface area (Å²) >= 11 is 0. The largest absolute Gasteiger partial charge is 0.370 e. The van der Waals surface area contributed by atoms with Gasteiger partial charge in [-0.05, 0) is 25.2 Å². The molecule has 0 aromatic carbocycles. The van der Waals surface area contributed by atoms with E-state index in [1.807, 2.05) is 0 Å². The molecule has 0 aliphatic heterocycles. The Kier molecular flexibility index (Phi) is 6.69. The maximum absolute atomic E-state index is 4.65. The minimum absolute atomic E-state index is 0.704.